The predicted molar refractivity (Wildman–Crippen MR) is 157 cm³/mol. The number of nitrogens with one attached hydrogen (secondary N) is 3. The molecule has 212 valence electrons. The maximum absolute atomic E-state index is 13.1. The summed E-state index contributed by atoms with van der Waals surface area (Å²) in [6.07, 6.45) is 5.47. The van der Waals surface area contributed by atoms with Crippen LogP contribution in [0.5, 0.6) is 5.75 Å². The first-order valence-corrected chi connectivity index (χ1v) is 14.1. The first kappa shape index (κ1) is 27.0. The zero-order valence-corrected chi connectivity index (χ0v) is 24.2. The summed E-state index contributed by atoms with van der Waals surface area (Å²) < 4.78 is 11.2. The lowest BCUT2D eigenvalue weighted by atomic mass is 10.0. The van der Waals surface area contributed by atoms with E-state index in [4.69, 9.17) is 21.1 Å². The van der Waals surface area contributed by atoms with Crippen molar-refractivity contribution in [2.75, 3.05) is 25.5 Å². The van der Waals surface area contributed by atoms with Crippen molar-refractivity contribution < 1.29 is 19.1 Å². The van der Waals surface area contributed by atoms with Crippen molar-refractivity contribution in [3.05, 3.63) is 58.5 Å². The Balaban J connectivity index is 1.41. The quantitative estimate of drug-likeness (QED) is 0.355. The number of rotatable bonds is 4. The number of hydrogen-bond acceptors (Lipinski definition) is 6. The number of halogens is 1. The molecule has 4 heterocycles. The van der Waals surface area contributed by atoms with Gasteiger partial charge >= 0.3 is 6.09 Å². The lowest BCUT2D eigenvalue weighted by Gasteiger charge is -2.28. The highest BCUT2D eigenvalue weighted by molar-refractivity contribution is 6.32. The minimum Gasteiger partial charge on any atom is -0.493 e. The monoisotopic (exact) mass is 573 g/mol. The van der Waals surface area contributed by atoms with E-state index in [9.17, 15) is 9.59 Å². The van der Waals surface area contributed by atoms with Gasteiger partial charge in [-0.15, -0.1) is 0 Å². The fraction of sp³-hybridized carbons (Fsp3) is 0.387. The second-order valence-electron chi connectivity index (χ2n) is 11.6. The number of benzene rings is 1. The topological polar surface area (TPSA) is 109 Å². The van der Waals surface area contributed by atoms with Crippen LogP contribution < -0.4 is 15.4 Å². The third-order valence-corrected chi connectivity index (χ3v) is 8.07. The van der Waals surface area contributed by atoms with E-state index in [-0.39, 0.29) is 12.0 Å². The van der Waals surface area contributed by atoms with Gasteiger partial charge in [-0.05, 0) is 57.7 Å². The van der Waals surface area contributed by atoms with Crippen molar-refractivity contribution >= 4 is 35.0 Å². The molecule has 1 saturated carbocycles. The number of amides is 2. The minimum atomic E-state index is -0.580. The summed E-state index contributed by atoms with van der Waals surface area (Å²) in [5.41, 5.74) is 3.67. The van der Waals surface area contributed by atoms with E-state index in [1.165, 1.54) is 0 Å². The van der Waals surface area contributed by atoms with Gasteiger partial charge in [-0.25, -0.2) is 4.79 Å². The molecule has 0 bridgehead atoms. The van der Waals surface area contributed by atoms with Gasteiger partial charge < -0.3 is 25.1 Å². The lowest BCUT2D eigenvalue weighted by molar-refractivity contribution is 0.0222. The number of para-hydroxylation sites is 1. The maximum Gasteiger partial charge on any atom is 0.411 e. The highest BCUT2D eigenvalue weighted by Gasteiger charge is 2.63. The SMILES string of the molecule is COc1c(Cl)cccc1Nc1c(-c2ccncc2C#CC23CC2CCN3C(=O)OC(C)(C)C)[nH]c2c1C(=O)NCC2. The minimum absolute atomic E-state index is 0.169. The Morgan fingerprint density at radius 3 is 2.88 bits per heavy atom. The average Bonchev–Trinajstić information content (AvgIpc) is 3.31. The number of methoxy groups -OCH3 is 1. The summed E-state index contributed by atoms with van der Waals surface area (Å²) >= 11 is 6.40. The third-order valence-electron chi connectivity index (χ3n) is 7.77. The highest BCUT2D eigenvalue weighted by Crippen LogP contribution is 2.55. The Hall–Kier alpha value is -4.16. The van der Waals surface area contributed by atoms with Crippen molar-refractivity contribution in [1.29, 1.82) is 0 Å². The van der Waals surface area contributed by atoms with E-state index < -0.39 is 11.1 Å². The number of pyridine rings is 1. The van der Waals surface area contributed by atoms with Gasteiger partial charge in [0.15, 0.2) is 5.75 Å². The van der Waals surface area contributed by atoms with E-state index in [1.54, 1.807) is 30.5 Å². The van der Waals surface area contributed by atoms with Crippen molar-refractivity contribution in [2.24, 2.45) is 5.92 Å². The molecule has 1 aromatic carbocycles. The molecule has 6 rings (SSSR count). The second-order valence-corrected chi connectivity index (χ2v) is 12.0. The summed E-state index contributed by atoms with van der Waals surface area (Å²) in [6.45, 7) is 6.77. The van der Waals surface area contributed by atoms with Crippen molar-refractivity contribution in [3.63, 3.8) is 0 Å². The summed E-state index contributed by atoms with van der Waals surface area (Å²) in [7, 11) is 1.55. The number of carbonyl (C=O) groups is 2. The van der Waals surface area contributed by atoms with Gasteiger partial charge in [-0.2, -0.15) is 0 Å². The largest absolute Gasteiger partial charge is 0.493 e. The fourth-order valence-corrected chi connectivity index (χ4v) is 6.06. The molecule has 10 heteroatoms. The van der Waals surface area contributed by atoms with Gasteiger partial charge in [0.2, 0.25) is 0 Å². The summed E-state index contributed by atoms with van der Waals surface area (Å²) in [5, 5.41) is 6.81. The summed E-state index contributed by atoms with van der Waals surface area (Å²) in [5.74, 6) is 7.40. The molecule has 41 heavy (non-hydrogen) atoms. The number of ether oxygens (including phenoxy) is 2. The number of carbonyl (C=O) groups excluding carboxylic acids is 2. The molecule has 3 aromatic rings. The van der Waals surface area contributed by atoms with Crippen LogP contribution in [0.3, 0.4) is 0 Å². The highest BCUT2D eigenvalue weighted by atomic mass is 35.5. The first-order chi connectivity index (χ1) is 19.6. The molecule has 2 unspecified atom stereocenters. The molecule has 2 aliphatic heterocycles. The van der Waals surface area contributed by atoms with Gasteiger partial charge in [0.25, 0.3) is 5.91 Å². The standard InChI is InChI=1S/C31H32ClN5O4/c1-30(2,3)41-29(39)37-15-11-19-16-31(19,37)12-8-18-17-33-13-9-20(18)25-26(24-22(35-25)10-14-34-28(24)38)36-23-7-5-6-21(32)27(23)40-4/h5-7,9,13,17,19,35-36H,10-11,14-16H2,1-4H3,(H,34,38). The number of hydrogen-bond donors (Lipinski definition) is 3. The molecule has 3 N–H and O–H groups in total. The zero-order valence-electron chi connectivity index (χ0n) is 23.5. The maximum atomic E-state index is 13.1. The Labute approximate surface area is 244 Å². The van der Waals surface area contributed by atoms with Crippen LogP contribution in [0.15, 0.2) is 36.7 Å². The fourth-order valence-electron chi connectivity index (χ4n) is 5.81. The Morgan fingerprint density at radius 1 is 1.29 bits per heavy atom. The Bertz CT molecular complexity index is 1610. The van der Waals surface area contributed by atoms with Crippen LogP contribution in [-0.4, -0.2) is 58.2 Å². The normalized spacial score (nSPS) is 20.8. The molecule has 2 amide bonds. The van der Waals surface area contributed by atoms with E-state index in [0.717, 1.165) is 24.1 Å². The molecular weight excluding hydrogens is 542 g/mol. The van der Waals surface area contributed by atoms with E-state index >= 15 is 0 Å². The average molecular weight is 574 g/mol. The van der Waals surface area contributed by atoms with Crippen molar-refractivity contribution in [3.8, 4) is 28.8 Å². The van der Waals surface area contributed by atoms with Crippen LogP contribution >= 0.6 is 11.6 Å². The number of likely N-dealkylation sites (tertiary alicyclic amines) is 1. The molecule has 2 atom stereocenters. The summed E-state index contributed by atoms with van der Waals surface area (Å²) in [6, 6.07) is 7.29. The van der Waals surface area contributed by atoms with E-state index in [2.05, 4.69) is 32.4 Å². The zero-order chi connectivity index (χ0) is 28.9. The molecule has 3 aliphatic rings. The molecular formula is C31H32ClN5O4. The van der Waals surface area contributed by atoms with E-state index in [0.29, 0.717) is 64.4 Å². The van der Waals surface area contributed by atoms with Gasteiger partial charge in [-0.3, -0.25) is 14.7 Å². The van der Waals surface area contributed by atoms with Crippen molar-refractivity contribution in [2.45, 2.75) is 51.2 Å². The summed E-state index contributed by atoms with van der Waals surface area (Å²) in [4.78, 5) is 35.7. The number of aromatic amines is 1. The molecule has 1 aliphatic carbocycles. The second kappa shape index (κ2) is 10.0. The van der Waals surface area contributed by atoms with Gasteiger partial charge in [0.1, 0.15) is 11.1 Å². The first-order valence-electron chi connectivity index (χ1n) is 13.7. The van der Waals surface area contributed by atoms with Crippen molar-refractivity contribution in [1.82, 2.24) is 20.2 Å². The Morgan fingerprint density at radius 2 is 2.12 bits per heavy atom. The molecule has 9 nitrogen and oxygen atoms in total. The third kappa shape index (κ3) is 4.87. The Kier molecular flexibility index (Phi) is 6.62. The molecule has 0 radical (unpaired) electrons. The molecule has 2 fully saturated rings. The van der Waals surface area contributed by atoms with Crippen LogP contribution in [0.4, 0.5) is 16.2 Å². The number of fused-ring (bicyclic) bond motifs is 2. The number of aromatic nitrogens is 2. The number of nitrogens with zero attached hydrogens (tertiary/aromatic N) is 2. The number of H-pyrrole nitrogens is 1. The lowest BCUT2D eigenvalue weighted by Crippen LogP contribution is -2.42. The smallest absolute Gasteiger partial charge is 0.411 e. The van der Waals surface area contributed by atoms with Crippen LogP contribution in [0.1, 0.15) is 55.2 Å². The van der Waals surface area contributed by atoms with Crippen LogP contribution in [-0.2, 0) is 11.2 Å². The van der Waals surface area contributed by atoms with Gasteiger partial charge in [-0.1, -0.05) is 29.5 Å². The van der Waals surface area contributed by atoms with Gasteiger partial charge in [0, 0.05) is 43.2 Å². The molecule has 2 aromatic heterocycles. The van der Waals surface area contributed by atoms with Crippen LogP contribution in [0.25, 0.3) is 11.3 Å². The predicted octanol–water partition coefficient (Wildman–Crippen LogP) is 5.52. The molecule has 0 spiro atoms. The van der Waals surface area contributed by atoms with Gasteiger partial charge in [0.05, 0.1) is 40.3 Å². The number of piperidine rings is 1. The van der Waals surface area contributed by atoms with Crippen LogP contribution in [0.2, 0.25) is 5.02 Å². The van der Waals surface area contributed by atoms with Crippen LogP contribution in [0, 0.1) is 17.8 Å². The number of anilines is 2. The van der Waals surface area contributed by atoms with E-state index in [1.807, 2.05) is 39.0 Å². The molecule has 1 saturated heterocycles.